The Hall–Kier alpha value is -0.830. The van der Waals surface area contributed by atoms with Gasteiger partial charge in [-0.25, -0.2) is 0 Å². The highest BCUT2D eigenvalue weighted by Gasteiger charge is 2.47. The van der Waals surface area contributed by atoms with E-state index in [4.69, 9.17) is 0 Å². The molecule has 1 heterocycles. The van der Waals surface area contributed by atoms with Crippen LogP contribution in [0.15, 0.2) is 30.3 Å². The van der Waals surface area contributed by atoms with Crippen molar-refractivity contribution in [2.75, 3.05) is 13.1 Å². The van der Waals surface area contributed by atoms with Crippen LogP contribution < -0.4 is 0 Å². The maximum absolute atomic E-state index is 11.8. The van der Waals surface area contributed by atoms with Crippen molar-refractivity contribution >= 4 is 21.8 Å². The molecular formula is C14H16BrNO. The van der Waals surface area contributed by atoms with E-state index in [1.165, 1.54) is 18.4 Å². The van der Waals surface area contributed by atoms with E-state index in [-0.39, 0.29) is 5.41 Å². The highest BCUT2D eigenvalue weighted by molar-refractivity contribution is 9.09. The molecule has 1 saturated heterocycles. The summed E-state index contributed by atoms with van der Waals surface area (Å²) in [6.45, 7) is 1.77. The molecule has 2 aliphatic rings. The second-order valence-electron chi connectivity index (χ2n) is 5.22. The van der Waals surface area contributed by atoms with Crippen molar-refractivity contribution in [3.05, 3.63) is 35.9 Å². The number of likely N-dealkylation sites (tertiary alicyclic amines) is 1. The molecule has 0 N–H and O–H groups in total. The van der Waals surface area contributed by atoms with Crippen LogP contribution in [0.4, 0.5) is 0 Å². The summed E-state index contributed by atoms with van der Waals surface area (Å²) in [4.78, 5) is 14.2. The number of carbonyl (C=O) groups excluding carboxylic acids is 1. The summed E-state index contributed by atoms with van der Waals surface area (Å²) in [6, 6.07) is 10.6. The van der Waals surface area contributed by atoms with Gasteiger partial charge in [0.1, 0.15) is 0 Å². The zero-order valence-corrected chi connectivity index (χ0v) is 11.3. The topological polar surface area (TPSA) is 20.3 Å². The van der Waals surface area contributed by atoms with Crippen LogP contribution in [0, 0.1) is 0 Å². The van der Waals surface area contributed by atoms with E-state index in [0.717, 1.165) is 13.1 Å². The summed E-state index contributed by atoms with van der Waals surface area (Å²) in [5, 5.41) is 0. The summed E-state index contributed by atoms with van der Waals surface area (Å²) in [6.07, 6.45) is 3.09. The molecule has 1 aromatic carbocycles. The van der Waals surface area contributed by atoms with Crippen LogP contribution in [-0.4, -0.2) is 28.7 Å². The number of hydrogen-bond acceptors (Lipinski definition) is 1. The van der Waals surface area contributed by atoms with Crippen LogP contribution in [0.1, 0.15) is 24.8 Å². The van der Waals surface area contributed by atoms with Crippen LogP contribution in [0.3, 0.4) is 0 Å². The van der Waals surface area contributed by atoms with Gasteiger partial charge in [-0.15, -0.1) is 0 Å². The number of hydrogen-bond donors (Lipinski definition) is 0. The normalized spacial score (nSPS) is 26.3. The van der Waals surface area contributed by atoms with Crippen LogP contribution >= 0.6 is 15.9 Å². The summed E-state index contributed by atoms with van der Waals surface area (Å²) in [7, 11) is 0. The van der Waals surface area contributed by atoms with Crippen LogP contribution in [0.2, 0.25) is 0 Å². The lowest BCUT2D eigenvalue weighted by Crippen LogP contribution is -2.33. The minimum Gasteiger partial charge on any atom is -0.341 e. The lowest BCUT2D eigenvalue weighted by Gasteiger charge is -2.23. The summed E-state index contributed by atoms with van der Waals surface area (Å²) >= 11 is 3.54. The fraction of sp³-hybridized carbons (Fsp3) is 0.500. The van der Waals surface area contributed by atoms with Gasteiger partial charge in [-0.2, -0.15) is 0 Å². The van der Waals surface area contributed by atoms with Crippen molar-refractivity contribution in [1.82, 2.24) is 4.90 Å². The highest BCUT2D eigenvalue weighted by Crippen LogP contribution is 2.49. The third kappa shape index (κ3) is 2.13. The molecule has 1 unspecified atom stereocenters. The molecule has 1 atom stereocenters. The number of rotatable bonds is 3. The van der Waals surface area contributed by atoms with E-state index in [1.807, 2.05) is 4.90 Å². The van der Waals surface area contributed by atoms with Crippen molar-refractivity contribution in [3.8, 4) is 0 Å². The minimum atomic E-state index is 0.258. The molecule has 17 heavy (non-hydrogen) atoms. The molecule has 1 amide bonds. The largest absolute Gasteiger partial charge is 0.341 e. The first-order valence-electron chi connectivity index (χ1n) is 6.17. The van der Waals surface area contributed by atoms with Crippen molar-refractivity contribution in [2.45, 2.75) is 29.5 Å². The molecule has 0 radical (unpaired) electrons. The average molecular weight is 294 g/mol. The summed E-state index contributed by atoms with van der Waals surface area (Å²) < 4.78 is 0. The maximum atomic E-state index is 11.8. The van der Waals surface area contributed by atoms with E-state index in [1.54, 1.807) is 0 Å². The van der Waals surface area contributed by atoms with Crippen LogP contribution in [0.25, 0.3) is 0 Å². The SMILES string of the molecule is O=C1CC(Br)CN1CC1(c2ccccc2)CC1. The second-order valence-corrected chi connectivity index (χ2v) is 6.52. The predicted octanol–water partition coefficient (Wildman–Crippen LogP) is 2.71. The van der Waals surface area contributed by atoms with Gasteiger partial charge in [0.05, 0.1) is 0 Å². The molecule has 3 rings (SSSR count). The quantitative estimate of drug-likeness (QED) is 0.785. The second kappa shape index (κ2) is 4.13. The molecule has 2 fully saturated rings. The number of nitrogens with zero attached hydrogens (tertiary/aromatic N) is 1. The average Bonchev–Trinajstić information content (AvgIpc) is 3.03. The molecular weight excluding hydrogens is 278 g/mol. The smallest absolute Gasteiger partial charge is 0.223 e. The number of halogens is 1. The van der Waals surface area contributed by atoms with Gasteiger partial charge in [0.15, 0.2) is 0 Å². The van der Waals surface area contributed by atoms with E-state index in [9.17, 15) is 4.79 Å². The number of alkyl halides is 1. The molecule has 0 aromatic heterocycles. The van der Waals surface area contributed by atoms with Crippen molar-refractivity contribution in [3.63, 3.8) is 0 Å². The Kier molecular flexibility index (Phi) is 2.74. The lowest BCUT2D eigenvalue weighted by atomic mass is 9.95. The van der Waals surface area contributed by atoms with Crippen molar-refractivity contribution in [1.29, 1.82) is 0 Å². The molecule has 0 bridgehead atoms. The van der Waals surface area contributed by atoms with E-state index in [2.05, 4.69) is 46.3 Å². The Morgan fingerprint density at radius 3 is 2.53 bits per heavy atom. The standard InChI is InChI=1S/C14H16BrNO/c15-12-8-13(17)16(9-12)10-14(6-7-14)11-4-2-1-3-5-11/h1-5,12H,6-10H2. The minimum absolute atomic E-state index is 0.258. The number of carbonyl (C=O) groups is 1. The number of amides is 1. The van der Waals surface area contributed by atoms with Gasteiger partial charge >= 0.3 is 0 Å². The molecule has 1 aromatic rings. The zero-order valence-electron chi connectivity index (χ0n) is 9.73. The molecule has 1 aliphatic heterocycles. The Labute approximate surface area is 110 Å². The lowest BCUT2D eigenvalue weighted by molar-refractivity contribution is -0.128. The third-order valence-electron chi connectivity index (χ3n) is 3.90. The van der Waals surface area contributed by atoms with E-state index in [0.29, 0.717) is 17.2 Å². The summed E-state index contributed by atoms with van der Waals surface area (Å²) in [5.74, 6) is 0.300. The van der Waals surface area contributed by atoms with E-state index < -0.39 is 0 Å². The summed E-state index contributed by atoms with van der Waals surface area (Å²) in [5.41, 5.74) is 1.65. The zero-order chi connectivity index (χ0) is 11.9. The Morgan fingerprint density at radius 1 is 1.29 bits per heavy atom. The molecule has 1 aliphatic carbocycles. The van der Waals surface area contributed by atoms with Gasteiger partial charge in [0.25, 0.3) is 0 Å². The van der Waals surface area contributed by atoms with Crippen molar-refractivity contribution < 1.29 is 4.79 Å². The first-order chi connectivity index (χ1) is 8.20. The monoisotopic (exact) mass is 293 g/mol. The fourth-order valence-electron chi connectivity index (χ4n) is 2.72. The first kappa shape index (κ1) is 11.3. The van der Waals surface area contributed by atoms with Gasteiger partial charge in [0.2, 0.25) is 5.91 Å². The predicted molar refractivity (Wildman–Crippen MR) is 71.3 cm³/mol. The molecule has 0 spiro atoms. The maximum Gasteiger partial charge on any atom is 0.223 e. The molecule has 2 nitrogen and oxygen atoms in total. The Morgan fingerprint density at radius 2 is 2.00 bits per heavy atom. The number of benzene rings is 1. The molecule has 90 valence electrons. The van der Waals surface area contributed by atoms with Crippen molar-refractivity contribution in [2.24, 2.45) is 0 Å². The third-order valence-corrected chi connectivity index (χ3v) is 4.51. The van der Waals surface area contributed by atoms with E-state index >= 15 is 0 Å². The van der Waals surface area contributed by atoms with Gasteiger partial charge in [-0.3, -0.25) is 4.79 Å². The Bertz CT molecular complexity index is 427. The van der Waals surface area contributed by atoms with Gasteiger partial charge < -0.3 is 4.90 Å². The molecule has 1 saturated carbocycles. The highest BCUT2D eigenvalue weighted by atomic mass is 79.9. The first-order valence-corrected chi connectivity index (χ1v) is 7.09. The molecule has 3 heteroatoms. The van der Waals surface area contributed by atoms with Gasteiger partial charge in [-0.1, -0.05) is 46.3 Å². The fourth-order valence-corrected chi connectivity index (χ4v) is 3.35. The van der Waals surface area contributed by atoms with Gasteiger partial charge in [-0.05, 0) is 18.4 Å². The van der Waals surface area contributed by atoms with Crippen LogP contribution in [-0.2, 0) is 10.2 Å². The van der Waals surface area contributed by atoms with Crippen LogP contribution in [0.5, 0.6) is 0 Å². The Balaban J connectivity index is 1.75. The van der Waals surface area contributed by atoms with Gasteiger partial charge in [0, 0.05) is 29.8 Å².